The summed E-state index contributed by atoms with van der Waals surface area (Å²) in [6.45, 7) is 5.02. The van der Waals surface area contributed by atoms with Crippen molar-refractivity contribution >= 4 is 35.6 Å². The highest BCUT2D eigenvalue weighted by Crippen LogP contribution is 2.15. The summed E-state index contributed by atoms with van der Waals surface area (Å²) in [5.41, 5.74) is 1.44. The van der Waals surface area contributed by atoms with Gasteiger partial charge in [-0.05, 0) is 43.7 Å². The fourth-order valence-electron chi connectivity index (χ4n) is 2.72. The molecule has 3 rings (SSSR count). The average Bonchev–Trinajstić information content (AvgIpc) is 3.07. The molecule has 0 aliphatic carbocycles. The monoisotopic (exact) mass is 500 g/mol. The normalized spacial score (nSPS) is 12.5. The lowest BCUT2D eigenvalue weighted by Crippen LogP contribution is -2.39. The average molecular weight is 500 g/mol. The predicted molar refractivity (Wildman–Crippen MR) is 116 cm³/mol. The van der Waals surface area contributed by atoms with Gasteiger partial charge in [-0.3, -0.25) is 9.39 Å². The summed E-state index contributed by atoms with van der Waals surface area (Å²) in [5, 5.41) is 14.7. The lowest BCUT2D eigenvalue weighted by Gasteiger charge is -2.18. The molecule has 0 bridgehead atoms. The van der Waals surface area contributed by atoms with E-state index in [0.717, 1.165) is 17.5 Å². The minimum Gasteiger partial charge on any atom is -0.357 e. The maximum Gasteiger partial charge on any atom is 0.191 e. The van der Waals surface area contributed by atoms with Gasteiger partial charge in [0, 0.05) is 25.7 Å². The van der Waals surface area contributed by atoms with Gasteiger partial charge in [0.15, 0.2) is 23.2 Å². The van der Waals surface area contributed by atoms with Crippen molar-refractivity contribution in [2.24, 2.45) is 4.99 Å². The number of benzene rings is 1. The van der Waals surface area contributed by atoms with E-state index in [-0.39, 0.29) is 30.0 Å². The van der Waals surface area contributed by atoms with Gasteiger partial charge in [-0.2, -0.15) is 0 Å². The van der Waals surface area contributed by atoms with Crippen LogP contribution in [0.25, 0.3) is 5.65 Å². The van der Waals surface area contributed by atoms with E-state index in [9.17, 15) is 8.78 Å². The Kier molecular flexibility index (Phi) is 8.09. The number of guanidine groups is 1. The van der Waals surface area contributed by atoms with Crippen LogP contribution in [-0.2, 0) is 6.42 Å². The zero-order valence-corrected chi connectivity index (χ0v) is 18.0. The summed E-state index contributed by atoms with van der Waals surface area (Å²) in [4.78, 5) is 4.55. The Balaban J connectivity index is 0.00000280. The van der Waals surface area contributed by atoms with Crippen molar-refractivity contribution in [1.29, 1.82) is 0 Å². The summed E-state index contributed by atoms with van der Waals surface area (Å²) < 4.78 is 28.5. The van der Waals surface area contributed by atoms with Crippen LogP contribution in [0, 0.1) is 11.6 Å². The van der Waals surface area contributed by atoms with Crippen molar-refractivity contribution in [1.82, 2.24) is 25.2 Å². The molecule has 6 nitrogen and oxygen atoms in total. The highest BCUT2D eigenvalue weighted by atomic mass is 127. The number of hydrogen-bond donors (Lipinski definition) is 2. The van der Waals surface area contributed by atoms with Crippen LogP contribution in [0.1, 0.15) is 31.3 Å². The molecule has 0 saturated heterocycles. The maximum atomic E-state index is 13.4. The molecule has 3 aromatic rings. The molecule has 0 aliphatic rings. The van der Waals surface area contributed by atoms with Gasteiger partial charge in [-0.1, -0.05) is 12.1 Å². The fraction of sp³-hybridized carbons (Fsp3) is 0.316. The standard InChI is InChI=1S/C19H22F2N6.HI/c1-3-22-19(24-13(2)14-7-8-15(20)16(21)12-14)23-10-9-18-26-25-17-6-4-5-11-27(17)18;/h4-8,11-13H,3,9-10H2,1-2H3,(H2,22,23,24);1H. The molecule has 2 N–H and O–H groups in total. The molecule has 150 valence electrons. The van der Waals surface area contributed by atoms with Crippen molar-refractivity contribution in [3.05, 3.63) is 65.6 Å². The summed E-state index contributed by atoms with van der Waals surface area (Å²) in [5.74, 6) is -0.281. The number of rotatable bonds is 6. The quantitative estimate of drug-likeness (QED) is 0.309. The third kappa shape index (κ3) is 5.37. The summed E-state index contributed by atoms with van der Waals surface area (Å²) in [6, 6.07) is 9.39. The van der Waals surface area contributed by atoms with Crippen LogP contribution < -0.4 is 10.6 Å². The molecule has 9 heteroatoms. The van der Waals surface area contributed by atoms with Crippen LogP contribution in [0.2, 0.25) is 0 Å². The van der Waals surface area contributed by atoms with Crippen LogP contribution >= 0.6 is 24.0 Å². The molecule has 1 unspecified atom stereocenters. The second-order valence-electron chi connectivity index (χ2n) is 6.10. The Labute approximate surface area is 179 Å². The molecule has 28 heavy (non-hydrogen) atoms. The Hall–Kier alpha value is -2.30. The fourth-order valence-corrected chi connectivity index (χ4v) is 2.72. The molecule has 1 atom stereocenters. The number of halogens is 3. The van der Waals surface area contributed by atoms with Gasteiger partial charge in [0.25, 0.3) is 0 Å². The third-order valence-electron chi connectivity index (χ3n) is 4.13. The number of pyridine rings is 1. The molecule has 0 fully saturated rings. The van der Waals surface area contributed by atoms with E-state index < -0.39 is 11.6 Å². The van der Waals surface area contributed by atoms with Gasteiger partial charge in [0.1, 0.15) is 5.82 Å². The van der Waals surface area contributed by atoms with Crippen LogP contribution in [-0.4, -0.2) is 33.6 Å². The van der Waals surface area contributed by atoms with E-state index in [1.165, 1.54) is 6.07 Å². The lowest BCUT2D eigenvalue weighted by molar-refractivity contribution is 0.504. The van der Waals surface area contributed by atoms with Crippen molar-refractivity contribution in [2.45, 2.75) is 26.3 Å². The Morgan fingerprint density at radius 3 is 2.75 bits per heavy atom. The van der Waals surface area contributed by atoms with Gasteiger partial charge >= 0.3 is 0 Å². The predicted octanol–water partition coefficient (Wildman–Crippen LogP) is 3.48. The van der Waals surface area contributed by atoms with Gasteiger partial charge in [0.05, 0.1) is 6.04 Å². The first-order valence-electron chi connectivity index (χ1n) is 8.87. The first-order chi connectivity index (χ1) is 13.1. The Morgan fingerprint density at radius 1 is 1.18 bits per heavy atom. The highest BCUT2D eigenvalue weighted by molar-refractivity contribution is 14.0. The highest BCUT2D eigenvalue weighted by Gasteiger charge is 2.11. The van der Waals surface area contributed by atoms with Crippen LogP contribution in [0.4, 0.5) is 8.78 Å². The van der Waals surface area contributed by atoms with Gasteiger partial charge < -0.3 is 10.6 Å². The van der Waals surface area contributed by atoms with E-state index in [1.54, 1.807) is 6.07 Å². The van der Waals surface area contributed by atoms with Crippen LogP contribution in [0.3, 0.4) is 0 Å². The zero-order valence-electron chi connectivity index (χ0n) is 15.7. The maximum absolute atomic E-state index is 13.4. The smallest absolute Gasteiger partial charge is 0.191 e. The van der Waals surface area contributed by atoms with E-state index in [1.807, 2.05) is 42.6 Å². The molecule has 0 saturated carbocycles. The van der Waals surface area contributed by atoms with E-state index >= 15 is 0 Å². The number of fused-ring (bicyclic) bond motifs is 1. The van der Waals surface area contributed by atoms with Crippen molar-refractivity contribution < 1.29 is 8.78 Å². The number of nitrogens with one attached hydrogen (secondary N) is 2. The summed E-state index contributed by atoms with van der Waals surface area (Å²) in [7, 11) is 0. The van der Waals surface area contributed by atoms with E-state index in [4.69, 9.17) is 0 Å². The van der Waals surface area contributed by atoms with Crippen LogP contribution in [0.15, 0.2) is 47.6 Å². The largest absolute Gasteiger partial charge is 0.357 e. The molecule has 0 aliphatic heterocycles. The summed E-state index contributed by atoms with van der Waals surface area (Å²) in [6.07, 6.45) is 2.55. The molecule has 1 aromatic carbocycles. The molecule has 2 heterocycles. The topological polar surface area (TPSA) is 66.6 Å². The molecular formula is C19H23F2IN6. The van der Waals surface area contributed by atoms with Gasteiger partial charge in [-0.25, -0.2) is 8.78 Å². The summed E-state index contributed by atoms with van der Waals surface area (Å²) >= 11 is 0. The minimum absolute atomic E-state index is 0. The van der Waals surface area contributed by atoms with Crippen molar-refractivity contribution in [3.63, 3.8) is 0 Å². The first kappa shape index (κ1) is 22.0. The number of nitrogens with zero attached hydrogens (tertiary/aromatic N) is 4. The minimum atomic E-state index is -0.859. The van der Waals surface area contributed by atoms with Crippen LogP contribution in [0.5, 0.6) is 0 Å². The molecule has 2 aromatic heterocycles. The van der Waals surface area contributed by atoms with Crippen molar-refractivity contribution in [3.8, 4) is 0 Å². The second kappa shape index (κ2) is 10.3. The Bertz CT molecular complexity index is 943. The second-order valence-corrected chi connectivity index (χ2v) is 6.10. The van der Waals surface area contributed by atoms with Gasteiger partial charge in [0.2, 0.25) is 0 Å². The number of hydrogen-bond acceptors (Lipinski definition) is 3. The molecule has 0 amide bonds. The number of aromatic nitrogens is 3. The lowest BCUT2D eigenvalue weighted by atomic mass is 10.1. The SMILES string of the molecule is CCNC(=NCCc1nnc2ccccn12)NC(C)c1ccc(F)c(F)c1.I. The van der Waals surface area contributed by atoms with Crippen molar-refractivity contribution in [2.75, 3.05) is 13.1 Å². The van der Waals surface area contributed by atoms with Gasteiger partial charge in [-0.15, -0.1) is 34.2 Å². The first-order valence-corrected chi connectivity index (χ1v) is 8.87. The molecular weight excluding hydrogens is 477 g/mol. The van der Waals surface area contributed by atoms with E-state index in [0.29, 0.717) is 31.0 Å². The number of aliphatic imine (C=N–C) groups is 1. The Morgan fingerprint density at radius 2 is 2.00 bits per heavy atom. The zero-order chi connectivity index (χ0) is 19.2. The van der Waals surface area contributed by atoms with E-state index in [2.05, 4.69) is 25.8 Å². The molecule has 0 spiro atoms. The third-order valence-corrected chi connectivity index (χ3v) is 4.13. The molecule has 0 radical (unpaired) electrons.